The van der Waals surface area contributed by atoms with Gasteiger partial charge in [-0.15, -0.1) is 11.3 Å². The standard InChI is InChI=1S/C18H12N2O3S/c1-2-9-22-18(21)12(11-19)10-13-7-8-15(23-13)17-20-14-5-3-4-6-16(14)24-17/h2-8,10H,1,9H2/b12-10+. The minimum atomic E-state index is -0.713. The Labute approximate surface area is 142 Å². The van der Waals surface area contributed by atoms with E-state index in [-0.39, 0.29) is 12.2 Å². The molecule has 0 amide bonds. The van der Waals surface area contributed by atoms with Crippen LogP contribution in [0.1, 0.15) is 5.76 Å². The van der Waals surface area contributed by atoms with Crippen molar-refractivity contribution >= 4 is 33.6 Å². The number of ether oxygens (including phenoxy) is 1. The summed E-state index contributed by atoms with van der Waals surface area (Å²) in [4.78, 5) is 16.2. The van der Waals surface area contributed by atoms with E-state index in [0.29, 0.717) is 11.5 Å². The van der Waals surface area contributed by atoms with Crippen molar-refractivity contribution in [1.29, 1.82) is 5.26 Å². The highest BCUT2D eigenvalue weighted by atomic mass is 32.1. The fourth-order valence-corrected chi connectivity index (χ4v) is 2.94. The number of para-hydroxylation sites is 1. The van der Waals surface area contributed by atoms with Crippen LogP contribution in [0.2, 0.25) is 0 Å². The molecular formula is C18H12N2O3S. The molecule has 0 unspecified atom stereocenters. The first-order chi connectivity index (χ1) is 11.7. The second-order valence-electron chi connectivity index (χ2n) is 4.75. The summed E-state index contributed by atoms with van der Waals surface area (Å²) in [6.07, 6.45) is 2.78. The quantitative estimate of drug-likeness (QED) is 0.302. The van der Waals surface area contributed by atoms with Gasteiger partial charge in [-0.3, -0.25) is 0 Å². The van der Waals surface area contributed by atoms with E-state index in [9.17, 15) is 4.79 Å². The highest BCUT2D eigenvalue weighted by Gasteiger charge is 2.13. The molecule has 0 N–H and O–H groups in total. The molecule has 0 atom stereocenters. The lowest BCUT2D eigenvalue weighted by molar-refractivity contribution is -0.137. The molecule has 2 heterocycles. The average molecular weight is 336 g/mol. The van der Waals surface area contributed by atoms with E-state index in [1.165, 1.54) is 23.5 Å². The van der Waals surface area contributed by atoms with Gasteiger partial charge in [0.15, 0.2) is 10.8 Å². The summed E-state index contributed by atoms with van der Waals surface area (Å²) in [5.41, 5.74) is 0.763. The lowest BCUT2D eigenvalue weighted by atomic mass is 10.2. The van der Waals surface area contributed by atoms with E-state index >= 15 is 0 Å². The summed E-state index contributed by atoms with van der Waals surface area (Å²) in [5, 5.41) is 9.82. The number of benzene rings is 1. The Morgan fingerprint density at radius 2 is 2.21 bits per heavy atom. The van der Waals surface area contributed by atoms with Gasteiger partial charge in [0.25, 0.3) is 0 Å². The maximum atomic E-state index is 11.7. The topological polar surface area (TPSA) is 76.1 Å². The number of fused-ring (bicyclic) bond motifs is 1. The number of nitriles is 1. The first-order valence-corrected chi connectivity index (χ1v) is 7.88. The molecule has 2 aromatic heterocycles. The third kappa shape index (κ3) is 3.26. The van der Waals surface area contributed by atoms with Gasteiger partial charge in [-0.25, -0.2) is 9.78 Å². The molecule has 3 rings (SSSR count). The van der Waals surface area contributed by atoms with E-state index in [1.807, 2.05) is 30.3 Å². The highest BCUT2D eigenvalue weighted by molar-refractivity contribution is 7.21. The van der Waals surface area contributed by atoms with Crippen molar-refractivity contribution < 1.29 is 13.9 Å². The Bertz CT molecular complexity index is 942. The third-order valence-electron chi connectivity index (χ3n) is 3.09. The third-order valence-corrected chi connectivity index (χ3v) is 4.14. The number of carbonyl (C=O) groups excluding carboxylic acids is 1. The van der Waals surface area contributed by atoms with Gasteiger partial charge in [-0.2, -0.15) is 5.26 Å². The predicted molar refractivity (Wildman–Crippen MR) is 92.1 cm³/mol. The molecule has 0 radical (unpaired) electrons. The van der Waals surface area contributed by atoms with Gasteiger partial charge >= 0.3 is 5.97 Å². The number of nitrogens with zero attached hydrogens (tertiary/aromatic N) is 2. The van der Waals surface area contributed by atoms with Crippen LogP contribution in [0.25, 0.3) is 27.1 Å². The number of furan rings is 1. The molecule has 0 aliphatic heterocycles. The summed E-state index contributed by atoms with van der Waals surface area (Å²) in [6.45, 7) is 3.50. The molecule has 0 fully saturated rings. The maximum absolute atomic E-state index is 11.7. The normalized spacial score (nSPS) is 11.2. The molecule has 24 heavy (non-hydrogen) atoms. The first kappa shape index (κ1) is 15.7. The SMILES string of the molecule is C=CCOC(=O)/C(C#N)=C/c1ccc(-c2nc3ccccc3s2)o1. The van der Waals surface area contributed by atoms with Crippen molar-refractivity contribution in [2.24, 2.45) is 0 Å². The summed E-state index contributed by atoms with van der Waals surface area (Å²) in [6, 6.07) is 13.0. The van der Waals surface area contributed by atoms with Gasteiger partial charge < -0.3 is 9.15 Å². The molecule has 118 valence electrons. The monoisotopic (exact) mass is 336 g/mol. The van der Waals surface area contributed by atoms with Crippen LogP contribution in [0.5, 0.6) is 0 Å². The van der Waals surface area contributed by atoms with Crippen LogP contribution in [-0.4, -0.2) is 17.6 Å². The Morgan fingerprint density at radius 1 is 1.38 bits per heavy atom. The number of esters is 1. The zero-order chi connectivity index (χ0) is 16.9. The average Bonchev–Trinajstić information content (AvgIpc) is 3.23. The maximum Gasteiger partial charge on any atom is 0.349 e. The molecule has 0 aliphatic rings. The van der Waals surface area contributed by atoms with Gasteiger partial charge in [0.1, 0.15) is 24.0 Å². The van der Waals surface area contributed by atoms with Crippen molar-refractivity contribution in [3.8, 4) is 16.8 Å². The fraction of sp³-hybridized carbons (Fsp3) is 0.0556. The van der Waals surface area contributed by atoms with Crippen LogP contribution in [0, 0.1) is 11.3 Å². The number of hydrogen-bond donors (Lipinski definition) is 0. The molecule has 0 aliphatic carbocycles. The van der Waals surface area contributed by atoms with E-state index in [2.05, 4.69) is 11.6 Å². The molecule has 0 bridgehead atoms. The second kappa shape index (κ2) is 6.94. The Hall–Kier alpha value is -3.17. The van der Waals surface area contributed by atoms with Crippen LogP contribution in [0.15, 0.2) is 59.0 Å². The lowest BCUT2D eigenvalue weighted by Crippen LogP contribution is -2.06. The summed E-state index contributed by atoms with van der Waals surface area (Å²) >= 11 is 1.51. The van der Waals surface area contributed by atoms with E-state index in [0.717, 1.165) is 15.2 Å². The van der Waals surface area contributed by atoms with Crippen LogP contribution >= 0.6 is 11.3 Å². The second-order valence-corrected chi connectivity index (χ2v) is 5.78. The number of thiazole rings is 1. The number of rotatable bonds is 5. The van der Waals surface area contributed by atoms with E-state index < -0.39 is 5.97 Å². The van der Waals surface area contributed by atoms with Gasteiger partial charge in [0.2, 0.25) is 0 Å². The predicted octanol–water partition coefficient (Wildman–Crippen LogP) is 4.19. The molecule has 0 saturated heterocycles. The minimum Gasteiger partial charge on any atom is -0.457 e. The number of carbonyl (C=O) groups is 1. The first-order valence-electron chi connectivity index (χ1n) is 7.07. The highest BCUT2D eigenvalue weighted by Crippen LogP contribution is 2.31. The van der Waals surface area contributed by atoms with Crippen molar-refractivity contribution in [2.75, 3.05) is 6.61 Å². The molecule has 0 saturated carbocycles. The molecule has 5 nitrogen and oxygen atoms in total. The number of hydrogen-bond acceptors (Lipinski definition) is 6. The van der Waals surface area contributed by atoms with Gasteiger partial charge in [0.05, 0.1) is 10.2 Å². The smallest absolute Gasteiger partial charge is 0.349 e. The summed E-state index contributed by atoms with van der Waals surface area (Å²) in [7, 11) is 0. The van der Waals surface area contributed by atoms with Crippen molar-refractivity contribution in [3.63, 3.8) is 0 Å². The Balaban J connectivity index is 1.87. The van der Waals surface area contributed by atoms with Gasteiger partial charge in [0, 0.05) is 6.08 Å². The van der Waals surface area contributed by atoms with Crippen molar-refractivity contribution in [2.45, 2.75) is 0 Å². The van der Waals surface area contributed by atoms with Gasteiger partial charge in [-0.05, 0) is 24.3 Å². The van der Waals surface area contributed by atoms with Crippen LogP contribution < -0.4 is 0 Å². The van der Waals surface area contributed by atoms with Crippen LogP contribution in [-0.2, 0) is 9.53 Å². The Morgan fingerprint density at radius 3 is 2.96 bits per heavy atom. The minimum absolute atomic E-state index is 0.0486. The Kier molecular flexibility index (Phi) is 4.54. The van der Waals surface area contributed by atoms with Gasteiger partial charge in [-0.1, -0.05) is 24.8 Å². The molecular weight excluding hydrogens is 324 g/mol. The molecule has 6 heteroatoms. The van der Waals surface area contributed by atoms with E-state index in [4.69, 9.17) is 14.4 Å². The van der Waals surface area contributed by atoms with Crippen LogP contribution in [0.4, 0.5) is 0 Å². The summed E-state index contributed by atoms with van der Waals surface area (Å²) < 4.78 is 11.6. The van der Waals surface area contributed by atoms with E-state index in [1.54, 1.807) is 12.1 Å². The molecule has 1 aromatic carbocycles. The van der Waals surface area contributed by atoms with Crippen LogP contribution in [0.3, 0.4) is 0 Å². The van der Waals surface area contributed by atoms with Crippen molar-refractivity contribution in [3.05, 3.63) is 60.4 Å². The lowest BCUT2D eigenvalue weighted by Gasteiger charge is -1.98. The molecule has 3 aromatic rings. The molecule has 0 spiro atoms. The van der Waals surface area contributed by atoms with Crippen molar-refractivity contribution in [1.82, 2.24) is 4.98 Å². The zero-order valence-corrected chi connectivity index (χ0v) is 13.4. The fourth-order valence-electron chi connectivity index (χ4n) is 2.01. The largest absolute Gasteiger partial charge is 0.457 e. The number of aromatic nitrogens is 1. The summed E-state index contributed by atoms with van der Waals surface area (Å²) in [5.74, 6) is 0.255. The zero-order valence-electron chi connectivity index (χ0n) is 12.6.